The third-order valence-corrected chi connectivity index (χ3v) is 14.2. The molecular formula is C45H64N2O5. The van der Waals surface area contributed by atoms with Crippen LogP contribution in [0.4, 0.5) is 11.4 Å². The molecule has 0 bridgehead atoms. The summed E-state index contributed by atoms with van der Waals surface area (Å²) in [5.41, 5.74) is 14.4. The molecule has 52 heavy (non-hydrogen) atoms. The summed E-state index contributed by atoms with van der Waals surface area (Å²) in [6.45, 7) is 12.6. The molecule has 4 fully saturated rings. The summed E-state index contributed by atoms with van der Waals surface area (Å²) in [4.78, 5) is 24.4. The molecule has 0 radical (unpaired) electrons. The highest BCUT2D eigenvalue weighted by Gasteiger charge is 2.60. The number of esters is 2. The normalized spacial score (nSPS) is 31.7. The molecule has 0 aromatic heterocycles. The molecular weight excluding hydrogens is 649 g/mol. The standard InChI is InChI=1S/C45H64N2O5/c1-29(2)7-6-8-30(3)39-16-17-40-38-15-12-33-27-37(19-21-44(33,4)41(38)20-22-45(39,40)5)52-36-13-9-31(10-14-36)11-18-42(48)50-23-24-51-43(49)32-25-34(46)28-35(47)26-32/h9-11,13-14,18,25-26,28-30,33,37-41H,6-8,12,15-17,19-24,27,46-47H2,1-5H3/t30-,33?,37?,38+,39-,40+,41+,44+,45-/m1/s1. The van der Waals surface area contributed by atoms with Crippen molar-refractivity contribution < 1.29 is 23.8 Å². The lowest BCUT2D eigenvalue weighted by Crippen LogP contribution is -2.54. The van der Waals surface area contributed by atoms with E-state index in [0.717, 1.165) is 65.6 Å². The largest absolute Gasteiger partial charge is 0.490 e. The van der Waals surface area contributed by atoms with E-state index >= 15 is 0 Å². The van der Waals surface area contributed by atoms with Crippen molar-refractivity contribution in [3.8, 4) is 5.75 Å². The first kappa shape index (κ1) is 38.3. The molecule has 0 amide bonds. The van der Waals surface area contributed by atoms with Gasteiger partial charge >= 0.3 is 11.9 Å². The van der Waals surface area contributed by atoms with Gasteiger partial charge in [0.1, 0.15) is 19.0 Å². The van der Waals surface area contributed by atoms with E-state index in [1.54, 1.807) is 12.1 Å². The number of ether oxygens (including phenoxy) is 3. The molecule has 4 aliphatic rings. The maximum absolute atomic E-state index is 12.2. The number of carbonyl (C=O) groups is 2. The maximum atomic E-state index is 12.2. The summed E-state index contributed by atoms with van der Waals surface area (Å²) in [6, 6.07) is 12.5. The van der Waals surface area contributed by atoms with Gasteiger partial charge in [-0.15, -0.1) is 0 Å². The molecule has 0 saturated heterocycles. The Morgan fingerprint density at radius 1 is 0.827 bits per heavy atom. The second-order valence-electron chi connectivity index (χ2n) is 17.8. The number of nitrogen functional groups attached to an aromatic ring is 2. The van der Waals surface area contributed by atoms with Crippen molar-refractivity contribution in [3.63, 3.8) is 0 Å². The molecule has 0 aliphatic heterocycles. The van der Waals surface area contributed by atoms with Gasteiger partial charge in [0.15, 0.2) is 0 Å². The quantitative estimate of drug-likeness (QED) is 0.0920. The number of fused-ring (bicyclic) bond motifs is 5. The van der Waals surface area contributed by atoms with Crippen molar-refractivity contribution in [2.75, 3.05) is 24.7 Å². The van der Waals surface area contributed by atoms with Crippen LogP contribution in [0.1, 0.15) is 128 Å². The molecule has 284 valence electrons. The Hall–Kier alpha value is -3.48. The summed E-state index contributed by atoms with van der Waals surface area (Å²) >= 11 is 0. The van der Waals surface area contributed by atoms with E-state index in [0.29, 0.717) is 22.2 Å². The lowest BCUT2D eigenvalue weighted by Gasteiger charge is -2.61. The predicted octanol–water partition coefficient (Wildman–Crippen LogP) is 10.1. The van der Waals surface area contributed by atoms with Crippen molar-refractivity contribution in [2.24, 2.45) is 52.3 Å². The van der Waals surface area contributed by atoms with Crippen LogP contribution < -0.4 is 16.2 Å². The minimum atomic E-state index is -0.575. The first-order valence-corrected chi connectivity index (χ1v) is 20.3. The third-order valence-electron chi connectivity index (χ3n) is 14.2. The zero-order chi connectivity index (χ0) is 37.0. The number of anilines is 2. The van der Waals surface area contributed by atoms with Gasteiger partial charge in [0.05, 0.1) is 11.7 Å². The SMILES string of the molecule is CC(C)CCC[C@@H](C)[C@H]1CC[C@H]2[C@@H]3CCC4CC(Oc5ccc(C=CC(=O)OCCOC(=O)c6cc(N)cc(N)c6)cc5)CC[C@]4(C)[C@H]3CC[C@]12C. The minimum Gasteiger partial charge on any atom is -0.490 e. The van der Waals surface area contributed by atoms with Gasteiger partial charge in [0, 0.05) is 17.5 Å². The second-order valence-corrected chi connectivity index (χ2v) is 17.8. The second kappa shape index (κ2) is 16.3. The summed E-state index contributed by atoms with van der Waals surface area (Å²) in [7, 11) is 0. The van der Waals surface area contributed by atoms with Crippen molar-refractivity contribution in [2.45, 2.75) is 118 Å². The zero-order valence-corrected chi connectivity index (χ0v) is 32.4. The van der Waals surface area contributed by atoms with Gasteiger partial charge in [0.2, 0.25) is 0 Å². The van der Waals surface area contributed by atoms with Crippen molar-refractivity contribution >= 4 is 29.4 Å². The van der Waals surface area contributed by atoms with Crippen LogP contribution in [0.15, 0.2) is 48.5 Å². The maximum Gasteiger partial charge on any atom is 0.338 e. The van der Waals surface area contributed by atoms with E-state index in [-0.39, 0.29) is 24.9 Å². The molecule has 0 spiro atoms. The number of nitrogens with two attached hydrogens (primary N) is 2. The fraction of sp³-hybridized carbons (Fsp3) is 0.644. The molecule has 2 aromatic rings. The van der Waals surface area contributed by atoms with E-state index in [4.69, 9.17) is 25.7 Å². The van der Waals surface area contributed by atoms with Crippen LogP contribution in [0.3, 0.4) is 0 Å². The number of carbonyl (C=O) groups excluding carboxylic acids is 2. The van der Waals surface area contributed by atoms with Crippen LogP contribution in [0, 0.1) is 52.3 Å². The Bertz CT molecular complexity index is 1550. The minimum absolute atomic E-state index is 0.0549. The van der Waals surface area contributed by atoms with E-state index in [2.05, 4.69) is 34.6 Å². The highest BCUT2D eigenvalue weighted by atomic mass is 16.6. The number of rotatable bonds is 13. The smallest absolute Gasteiger partial charge is 0.338 e. The van der Waals surface area contributed by atoms with Gasteiger partial charge < -0.3 is 25.7 Å². The lowest BCUT2D eigenvalue weighted by atomic mass is 9.44. The van der Waals surface area contributed by atoms with Gasteiger partial charge in [0.25, 0.3) is 0 Å². The molecule has 4 saturated carbocycles. The highest BCUT2D eigenvalue weighted by molar-refractivity contribution is 5.91. The molecule has 0 heterocycles. The summed E-state index contributed by atoms with van der Waals surface area (Å²) in [5.74, 6) is 5.88. The Kier molecular flexibility index (Phi) is 12.0. The monoisotopic (exact) mass is 712 g/mol. The van der Waals surface area contributed by atoms with Gasteiger partial charge in [-0.3, -0.25) is 0 Å². The van der Waals surface area contributed by atoms with Crippen LogP contribution in [-0.4, -0.2) is 31.3 Å². The van der Waals surface area contributed by atoms with E-state index in [1.165, 1.54) is 82.4 Å². The van der Waals surface area contributed by atoms with Crippen LogP contribution in [0.25, 0.3) is 6.08 Å². The molecule has 2 aromatic carbocycles. The van der Waals surface area contributed by atoms with Gasteiger partial charge in [-0.1, -0.05) is 66.0 Å². The molecule has 7 nitrogen and oxygen atoms in total. The highest BCUT2D eigenvalue weighted by Crippen LogP contribution is 2.68. The van der Waals surface area contributed by atoms with Crippen molar-refractivity contribution in [1.29, 1.82) is 0 Å². The zero-order valence-electron chi connectivity index (χ0n) is 32.4. The fourth-order valence-electron chi connectivity index (χ4n) is 11.6. The number of hydrogen-bond donors (Lipinski definition) is 2. The molecule has 7 heteroatoms. The molecule has 4 N–H and O–H groups in total. The molecule has 4 aliphatic carbocycles. The average molecular weight is 713 g/mol. The predicted molar refractivity (Wildman–Crippen MR) is 209 cm³/mol. The average Bonchev–Trinajstić information content (AvgIpc) is 3.46. The Morgan fingerprint density at radius 2 is 1.52 bits per heavy atom. The Morgan fingerprint density at radius 3 is 2.25 bits per heavy atom. The van der Waals surface area contributed by atoms with Crippen LogP contribution >= 0.6 is 0 Å². The van der Waals surface area contributed by atoms with Crippen molar-refractivity contribution in [1.82, 2.24) is 0 Å². The van der Waals surface area contributed by atoms with E-state index in [9.17, 15) is 9.59 Å². The van der Waals surface area contributed by atoms with Crippen LogP contribution in [0.2, 0.25) is 0 Å². The summed E-state index contributed by atoms with van der Waals surface area (Å²) < 4.78 is 16.9. The molecule has 6 rings (SSSR count). The van der Waals surface area contributed by atoms with Crippen LogP contribution in [-0.2, 0) is 14.3 Å². The number of hydrogen-bond acceptors (Lipinski definition) is 7. The first-order chi connectivity index (χ1) is 24.9. The van der Waals surface area contributed by atoms with Gasteiger partial charge in [-0.25, -0.2) is 9.59 Å². The first-order valence-electron chi connectivity index (χ1n) is 20.3. The fourth-order valence-corrected chi connectivity index (χ4v) is 11.6. The van der Waals surface area contributed by atoms with E-state index in [1.807, 2.05) is 24.3 Å². The molecule has 9 atom stereocenters. The van der Waals surface area contributed by atoms with E-state index < -0.39 is 11.9 Å². The van der Waals surface area contributed by atoms with Gasteiger partial charge in [-0.05, 0) is 152 Å². The van der Waals surface area contributed by atoms with Gasteiger partial charge in [-0.2, -0.15) is 0 Å². The summed E-state index contributed by atoms with van der Waals surface area (Å²) in [6.07, 6.45) is 19.7. The lowest BCUT2D eigenvalue weighted by molar-refractivity contribution is -0.138. The number of benzene rings is 2. The molecule has 2 unspecified atom stereocenters. The van der Waals surface area contributed by atoms with Crippen LogP contribution in [0.5, 0.6) is 5.75 Å². The summed E-state index contributed by atoms with van der Waals surface area (Å²) in [5, 5.41) is 0. The van der Waals surface area contributed by atoms with Crippen molar-refractivity contribution in [3.05, 3.63) is 59.7 Å². The Labute approximate surface area is 312 Å². The topological polar surface area (TPSA) is 114 Å². The third kappa shape index (κ3) is 8.50. The Balaban J connectivity index is 0.944.